The predicted octanol–water partition coefficient (Wildman–Crippen LogP) is 0.205. The second kappa shape index (κ2) is 1.90. The van der Waals surface area contributed by atoms with Gasteiger partial charge in [0.15, 0.2) is 0 Å². The third-order valence-electron chi connectivity index (χ3n) is 1.73. The zero-order valence-corrected chi connectivity index (χ0v) is 6.31. The molecule has 0 radical (unpaired) electrons. The predicted molar refractivity (Wildman–Crippen MR) is 34.7 cm³/mol. The third-order valence-corrected chi connectivity index (χ3v) is 3.70. The first-order valence-corrected chi connectivity index (χ1v) is 4.29. The summed E-state index contributed by atoms with van der Waals surface area (Å²) in [6.07, 6.45) is 2.24. The highest BCUT2D eigenvalue weighted by molar-refractivity contribution is 7.91. The van der Waals surface area contributed by atoms with Crippen LogP contribution >= 0.6 is 0 Å². The van der Waals surface area contributed by atoms with Crippen LogP contribution < -0.4 is 0 Å². The molecule has 1 rings (SSSR count). The molecule has 4 nitrogen and oxygen atoms in total. The second-order valence-electron chi connectivity index (χ2n) is 2.61. The van der Waals surface area contributed by atoms with Crippen LogP contribution in [0.15, 0.2) is 4.40 Å². The van der Waals surface area contributed by atoms with E-state index >= 15 is 0 Å². The van der Waals surface area contributed by atoms with Gasteiger partial charge in [-0.25, -0.2) is 13.2 Å². The highest BCUT2D eigenvalue weighted by Gasteiger charge is 2.50. The van der Waals surface area contributed by atoms with E-state index in [-0.39, 0.29) is 0 Å². The van der Waals surface area contributed by atoms with E-state index in [9.17, 15) is 13.2 Å². The van der Waals surface area contributed by atoms with E-state index in [1.807, 2.05) is 0 Å². The zero-order chi connectivity index (χ0) is 7.83. The standard InChI is InChI=1S/C5H7NO3S/c1-5(2-3-5)10(8,9)6-4-7/h2-3H2,1H3. The summed E-state index contributed by atoms with van der Waals surface area (Å²) in [5, 5.41) is 0. The SMILES string of the molecule is CC1(S(=O)(=O)N=C=O)CC1. The fraction of sp³-hybridized carbons (Fsp3) is 0.800. The van der Waals surface area contributed by atoms with Crippen molar-refractivity contribution in [2.75, 3.05) is 0 Å². The van der Waals surface area contributed by atoms with Crippen LogP contribution in [-0.4, -0.2) is 19.2 Å². The summed E-state index contributed by atoms with van der Waals surface area (Å²) in [5.41, 5.74) is 0. The molecule has 0 atom stereocenters. The molecule has 0 N–H and O–H groups in total. The average Bonchev–Trinajstić information content (AvgIpc) is 2.49. The molecule has 0 unspecified atom stereocenters. The molecule has 56 valence electrons. The van der Waals surface area contributed by atoms with Crippen molar-refractivity contribution in [2.24, 2.45) is 4.40 Å². The smallest absolute Gasteiger partial charge is 0.210 e. The Balaban J connectivity index is 3.00. The Morgan fingerprint density at radius 3 is 2.30 bits per heavy atom. The summed E-state index contributed by atoms with van der Waals surface area (Å²) < 4.78 is 23.8. The molecule has 0 amide bonds. The van der Waals surface area contributed by atoms with Crippen molar-refractivity contribution in [3.8, 4) is 0 Å². The summed E-state index contributed by atoms with van der Waals surface area (Å²) in [6.45, 7) is 1.57. The van der Waals surface area contributed by atoms with Gasteiger partial charge in [0.1, 0.15) is 0 Å². The van der Waals surface area contributed by atoms with Gasteiger partial charge < -0.3 is 0 Å². The molecule has 0 heterocycles. The number of isocyanates is 1. The molecule has 5 heteroatoms. The first-order valence-electron chi connectivity index (χ1n) is 2.85. The Morgan fingerprint density at radius 1 is 1.50 bits per heavy atom. The van der Waals surface area contributed by atoms with Gasteiger partial charge in [0.05, 0.1) is 4.75 Å². The molecule has 0 saturated heterocycles. The van der Waals surface area contributed by atoms with Gasteiger partial charge in [-0.15, -0.1) is 0 Å². The fourth-order valence-electron chi connectivity index (χ4n) is 0.593. The van der Waals surface area contributed by atoms with Gasteiger partial charge in [-0.3, -0.25) is 0 Å². The van der Waals surface area contributed by atoms with Crippen molar-refractivity contribution in [1.29, 1.82) is 0 Å². The normalized spacial score (nSPS) is 21.3. The summed E-state index contributed by atoms with van der Waals surface area (Å²) in [6, 6.07) is 0. The molecule has 1 aliphatic carbocycles. The average molecular weight is 161 g/mol. The van der Waals surface area contributed by atoms with E-state index in [1.165, 1.54) is 0 Å². The van der Waals surface area contributed by atoms with Crippen molar-refractivity contribution in [3.63, 3.8) is 0 Å². The van der Waals surface area contributed by atoms with E-state index in [0.717, 1.165) is 6.08 Å². The van der Waals surface area contributed by atoms with Crippen molar-refractivity contribution in [2.45, 2.75) is 24.5 Å². The molecule has 1 aliphatic rings. The zero-order valence-electron chi connectivity index (χ0n) is 5.49. The number of carbonyl (C=O) groups excluding carboxylic acids is 1. The fourth-order valence-corrected chi connectivity index (χ4v) is 1.53. The summed E-state index contributed by atoms with van der Waals surface area (Å²) in [5.74, 6) is 0. The maximum atomic E-state index is 10.9. The number of hydrogen-bond donors (Lipinski definition) is 0. The van der Waals surface area contributed by atoms with Gasteiger partial charge in [0, 0.05) is 0 Å². The van der Waals surface area contributed by atoms with Crippen molar-refractivity contribution >= 4 is 16.1 Å². The third kappa shape index (κ3) is 0.978. The van der Waals surface area contributed by atoms with Gasteiger partial charge in [-0.2, -0.15) is 0 Å². The lowest BCUT2D eigenvalue weighted by Crippen LogP contribution is -2.15. The Bertz CT molecular complexity index is 282. The Morgan fingerprint density at radius 2 is 2.00 bits per heavy atom. The van der Waals surface area contributed by atoms with Crippen LogP contribution in [0.25, 0.3) is 0 Å². The molecule has 0 aromatic rings. The lowest BCUT2D eigenvalue weighted by Gasteiger charge is -2.00. The molecule has 0 bridgehead atoms. The Labute approximate surface area is 59.0 Å². The van der Waals surface area contributed by atoms with Gasteiger partial charge in [0.2, 0.25) is 0 Å². The maximum Gasteiger partial charge on any atom is 0.268 e. The second-order valence-corrected chi connectivity index (χ2v) is 4.73. The molecule has 0 aromatic heterocycles. The van der Waals surface area contributed by atoms with Crippen molar-refractivity contribution in [1.82, 2.24) is 0 Å². The topological polar surface area (TPSA) is 63.6 Å². The molecule has 0 aliphatic heterocycles. The van der Waals surface area contributed by atoms with Crippen LogP contribution in [0, 0.1) is 0 Å². The monoisotopic (exact) mass is 161 g/mol. The van der Waals surface area contributed by atoms with Crippen LogP contribution in [0.3, 0.4) is 0 Å². The van der Waals surface area contributed by atoms with E-state index < -0.39 is 14.8 Å². The van der Waals surface area contributed by atoms with Crippen molar-refractivity contribution in [3.05, 3.63) is 0 Å². The summed E-state index contributed by atoms with van der Waals surface area (Å²) >= 11 is 0. The van der Waals surface area contributed by atoms with Gasteiger partial charge in [-0.05, 0) is 19.8 Å². The minimum atomic E-state index is -3.54. The van der Waals surface area contributed by atoms with Crippen LogP contribution in [0.2, 0.25) is 0 Å². The minimum Gasteiger partial charge on any atom is -0.210 e. The van der Waals surface area contributed by atoms with Gasteiger partial charge in [-0.1, -0.05) is 4.40 Å². The number of hydrogen-bond acceptors (Lipinski definition) is 3. The number of rotatable bonds is 2. The van der Waals surface area contributed by atoms with Crippen LogP contribution in [0.1, 0.15) is 19.8 Å². The number of nitrogens with zero attached hydrogens (tertiary/aromatic N) is 1. The highest BCUT2D eigenvalue weighted by atomic mass is 32.2. The highest BCUT2D eigenvalue weighted by Crippen LogP contribution is 2.43. The first-order chi connectivity index (χ1) is 4.52. The van der Waals surface area contributed by atoms with E-state index in [4.69, 9.17) is 0 Å². The van der Waals surface area contributed by atoms with E-state index in [2.05, 4.69) is 4.40 Å². The summed E-state index contributed by atoms with van der Waals surface area (Å²) in [4.78, 5) is 9.62. The Hall–Kier alpha value is -0.670. The van der Waals surface area contributed by atoms with Crippen LogP contribution in [-0.2, 0) is 14.8 Å². The lowest BCUT2D eigenvalue weighted by atomic mass is 10.5. The van der Waals surface area contributed by atoms with E-state index in [0.29, 0.717) is 12.8 Å². The number of sulfonamides is 1. The van der Waals surface area contributed by atoms with Gasteiger partial charge >= 0.3 is 0 Å². The molecular formula is C5H7NO3S. The molecule has 0 aromatic carbocycles. The van der Waals surface area contributed by atoms with Crippen LogP contribution in [0.4, 0.5) is 0 Å². The van der Waals surface area contributed by atoms with E-state index in [1.54, 1.807) is 6.92 Å². The van der Waals surface area contributed by atoms with Gasteiger partial charge in [0.25, 0.3) is 16.1 Å². The molecule has 1 fully saturated rings. The first kappa shape index (κ1) is 7.44. The van der Waals surface area contributed by atoms with Crippen molar-refractivity contribution < 1.29 is 13.2 Å². The minimum absolute atomic E-state index is 0.598. The molecule has 1 saturated carbocycles. The lowest BCUT2D eigenvalue weighted by molar-refractivity contribution is 0.561. The molecule has 10 heavy (non-hydrogen) atoms. The summed E-state index contributed by atoms with van der Waals surface area (Å²) in [7, 11) is -3.54. The maximum absolute atomic E-state index is 10.9. The molecule has 0 spiro atoms. The van der Waals surface area contributed by atoms with Crippen LogP contribution in [0.5, 0.6) is 0 Å². The molecular weight excluding hydrogens is 154 g/mol. The Kier molecular flexibility index (Phi) is 1.42. The largest absolute Gasteiger partial charge is 0.268 e. The quantitative estimate of drug-likeness (QED) is 0.429.